The topological polar surface area (TPSA) is 100 Å². The first-order valence-corrected chi connectivity index (χ1v) is 7.24. The van der Waals surface area contributed by atoms with Crippen molar-refractivity contribution in [1.29, 1.82) is 0 Å². The van der Waals surface area contributed by atoms with Gasteiger partial charge in [-0.3, -0.25) is 9.59 Å². The van der Waals surface area contributed by atoms with E-state index in [1.54, 1.807) is 7.05 Å². The summed E-state index contributed by atoms with van der Waals surface area (Å²) in [6, 6.07) is 2.21. The van der Waals surface area contributed by atoms with Crippen LogP contribution in [0.25, 0.3) is 0 Å². The third kappa shape index (κ3) is 2.58. The lowest BCUT2D eigenvalue weighted by atomic mass is 10.2. The van der Waals surface area contributed by atoms with E-state index in [-0.39, 0.29) is 23.2 Å². The summed E-state index contributed by atoms with van der Waals surface area (Å²) in [5.41, 5.74) is -0.293. The van der Waals surface area contributed by atoms with Gasteiger partial charge in [-0.05, 0) is 12.5 Å². The Morgan fingerprint density at radius 1 is 1.50 bits per heavy atom. The quantitative estimate of drug-likeness (QED) is 0.746. The van der Waals surface area contributed by atoms with Crippen LogP contribution < -0.4 is 5.56 Å². The van der Waals surface area contributed by atoms with E-state index >= 15 is 0 Å². The molecule has 1 aliphatic heterocycles. The number of rotatable bonds is 2. The van der Waals surface area contributed by atoms with Crippen LogP contribution in [0, 0.1) is 0 Å². The summed E-state index contributed by atoms with van der Waals surface area (Å²) in [4.78, 5) is 24.2. The molecule has 1 amide bonds. The normalized spacial score (nSPS) is 21.7. The third-order valence-electron chi connectivity index (χ3n) is 2.97. The highest BCUT2D eigenvalue weighted by Gasteiger charge is 2.33. The lowest BCUT2D eigenvalue weighted by Crippen LogP contribution is -2.38. The van der Waals surface area contributed by atoms with E-state index in [4.69, 9.17) is 0 Å². The molecule has 1 fully saturated rings. The Morgan fingerprint density at radius 3 is 2.72 bits per heavy atom. The van der Waals surface area contributed by atoms with Gasteiger partial charge in [0.15, 0.2) is 9.84 Å². The highest BCUT2D eigenvalue weighted by Crippen LogP contribution is 2.17. The van der Waals surface area contributed by atoms with E-state index in [0.29, 0.717) is 6.42 Å². The van der Waals surface area contributed by atoms with Gasteiger partial charge in [-0.1, -0.05) is 0 Å². The van der Waals surface area contributed by atoms with Crippen LogP contribution in [0.2, 0.25) is 0 Å². The monoisotopic (exact) mass is 271 g/mol. The van der Waals surface area contributed by atoms with E-state index in [2.05, 4.69) is 10.2 Å². The predicted octanol–water partition coefficient (Wildman–Crippen LogP) is -0.971. The molecule has 1 N–H and O–H groups in total. The van der Waals surface area contributed by atoms with Crippen molar-refractivity contribution in [2.75, 3.05) is 18.6 Å². The minimum Gasteiger partial charge on any atom is -0.336 e. The van der Waals surface area contributed by atoms with E-state index in [1.165, 1.54) is 17.0 Å². The third-order valence-corrected chi connectivity index (χ3v) is 4.73. The van der Waals surface area contributed by atoms with Gasteiger partial charge in [0.1, 0.15) is 5.69 Å². The highest BCUT2D eigenvalue weighted by molar-refractivity contribution is 7.91. The van der Waals surface area contributed by atoms with Crippen molar-refractivity contribution in [3.8, 4) is 0 Å². The van der Waals surface area contributed by atoms with Crippen LogP contribution in [0.5, 0.6) is 0 Å². The molecule has 7 nitrogen and oxygen atoms in total. The average Bonchev–Trinajstić information content (AvgIpc) is 2.69. The zero-order chi connectivity index (χ0) is 13.3. The Labute approximate surface area is 104 Å². The minimum atomic E-state index is -3.04. The van der Waals surface area contributed by atoms with Gasteiger partial charge in [0.2, 0.25) is 0 Å². The molecule has 2 heterocycles. The van der Waals surface area contributed by atoms with Gasteiger partial charge in [0, 0.05) is 19.2 Å². The standard InChI is InChI=1S/C10H13N3O4S/c1-13(7-4-5-18(16,17)6-7)10(15)8-2-3-9(14)12-11-8/h2-3,7H,4-6H2,1H3,(H,12,14)/t7-/m1/s1. The van der Waals surface area contributed by atoms with Crippen molar-refractivity contribution < 1.29 is 13.2 Å². The van der Waals surface area contributed by atoms with Gasteiger partial charge < -0.3 is 4.90 Å². The van der Waals surface area contributed by atoms with Crippen LogP contribution in [0.4, 0.5) is 0 Å². The summed E-state index contributed by atoms with van der Waals surface area (Å²) >= 11 is 0. The van der Waals surface area contributed by atoms with Gasteiger partial charge in [0.05, 0.1) is 11.5 Å². The fraction of sp³-hybridized carbons (Fsp3) is 0.500. The van der Waals surface area contributed by atoms with Crippen LogP contribution in [0.3, 0.4) is 0 Å². The van der Waals surface area contributed by atoms with Gasteiger partial charge in [0.25, 0.3) is 11.5 Å². The molecule has 1 saturated heterocycles. The van der Waals surface area contributed by atoms with E-state index in [0.717, 1.165) is 0 Å². The molecule has 18 heavy (non-hydrogen) atoms. The number of hydrogen-bond acceptors (Lipinski definition) is 5. The maximum Gasteiger partial charge on any atom is 0.274 e. The van der Waals surface area contributed by atoms with Crippen molar-refractivity contribution in [2.45, 2.75) is 12.5 Å². The molecular formula is C10H13N3O4S. The van der Waals surface area contributed by atoms with Crippen molar-refractivity contribution in [1.82, 2.24) is 15.1 Å². The smallest absolute Gasteiger partial charge is 0.274 e. The summed E-state index contributed by atoms with van der Waals surface area (Å²) in [7, 11) is -1.49. The molecule has 1 aliphatic rings. The second kappa shape index (κ2) is 4.52. The van der Waals surface area contributed by atoms with Crippen LogP contribution in [-0.4, -0.2) is 54.0 Å². The number of hydrogen-bond donors (Lipinski definition) is 1. The molecule has 0 spiro atoms. The molecule has 0 unspecified atom stereocenters. The second-order valence-corrected chi connectivity index (χ2v) is 6.51. The van der Waals surface area contributed by atoms with Crippen molar-refractivity contribution in [3.63, 3.8) is 0 Å². The molecule has 1 aromatic heterocycles. The lowest BCUT2D eigenvalue weighted by molar-refractivity contribution is 0.0740. The maximum absolute atomic E-state index is 12.0. The molecule has 0 radical (unpaired) electrons. The fourth-order valence-electron chi connectivity index (χ4n) is 1.89. The number of sulfone groups is 1. The largest absolute Gasteiger partial charge is 0.336 e. The van der Waals surface area contributed by atoms with Crippen LogP contribution >= 0.6 is 0 Å². The Balaban J connectivity index is 2.14. The lowest BCUT2D eigenvalue weighted by Gasteiger charge is -2.22. The summed E-state index contributed by atoms with van der Waals surface area (Å²) in [6.45, 7) is 0. The van der Waals surface area contributed by atoms with E-state index in [1.807, 2.05) is 0 Å². The number of amides is 1. The number of carbonyl (C=O) groups is 1. The van der Waals surface area contributed by atoms with Gasteiger partial charge in [-0.2, -0.15) is 5.10 Å². The maximum atomic E-state index is 12.0. The summed E-state index contributed by atoms with van der Waals surface area (Å²) in [5.74, 6) is -0.305. The van der Waals surface area contributed by atoms with Crippen molar-refractivity contribution in [2.24, 2.45) is 0 Å². The first-order valence-electron chi connectivity index (χ1n) is 5.42. The number of aromatic amines is 1. The molecule has 0 bridgehead atoms. The average molecular weight is 271 g/mol. The molecular weight excluding hydrogens is 258 g/mol. The number of nitrogens with zero attached hydrogens (tertiary/aromatic N) is 2. The summed E-state index contributed by atoms with van der Waals surface area (Å²) in [6.07, 6.45) is 0.438. The van der Waals surface area contributed by atoms with Crippen LogP contribution in [-0.2, 0) is 9.84 Å². The summed E-state index contributed by atoms with van der Waals surface area (Å²) in [5, 5.41) is 5.80. The van der Waals surface area contributed by atoms with E-state index in [9.17, 15) is 18.0 Å². The molecule has 0 aliphatic carbocycles. The van der Waals surface area contributed by atoms with E-state index < -0.39 is 21.3 Å². The number of carbonyl (C=O) groups excluding carboxylic acids is 1. The summed E-state index contributed by atoms with van der Waals surface area (Å²) < 4.78 is 22.7. The molecule has 0 saturated carbocycles. The highest BCUT2D eigenvalue weighted by atomic mass is 32.2. The SMILES string of the molecule is CN(C(=O)c1ccc(=O)[nH]n1)[C@@H]1CCS(=O)(=O)C1. The first-order chi connectivity index (χ1) is 8.39. The van der Waals surface area contributed by atoms with Crippen molar-refractivity contribution >= 4 is 15.7 Å². The molecule has 0 aromatic carbocycles. The zero-order valence-corrected chi connectivity index (χ0v) is 10.6. The van der Waals surface area contributed by atoms with Crippen LogP contribution in [0.15, 0.2) is 16.9 Å². The molecule has 8 heteroatoms. The van der Waals surface area contributed by atoms with Gasteiger partial charge >= 0.3 is 0 Å². The molecule has 98 valence electrons. The van der Waals surface area contributed by atoms with Gasteiger partial charge in [-0.25, -0.2) is 13.5 Å². The number of H-pyrrole nitrogens is 1. The number of nitrogens with one attached hydrogen (secondary N) is 1. The minimum absolute atomic E-state index is 0.0153. The first kappa shape index (κ1) is 12.7. The molecule has 2 rings (SSSR count). The Kier molecular flexibility index (Phi) is 3.20. The Bertz CT molecular complexity index is 602. The van der Waals surface area contributed by atoms with Gasteiger partial charge in [-0.15, -0.1) is 0 Å². The Hall–Kier alpha value is -1.70. The van der Waals surface area contributed by atoms with Crippen LogP contribution in [0.1, 0.15) is 16.9 Å². The van der Waals surface area contributed by atoms with Crippen molar-refractivity contribution in [3.05, 3.63) is 28.2 Å². The zero-order valence-electron chi connectivity index (χ0n) is 9.79. The fourth-order valence-corrected chi connectivity index (χ4v) is 3.67. The second-order valence-electron chi connectivity index (χ2n) is 4.28. The number of aromatic nitrogens is 2. The molecule has 1 aromatic rings. The molecule has 1 atom stereocenters. The predicted molar refractivity (Wildman–Crippen MR) is 64.0 cm³/mol. The Morgan fingerprint density at radius 2 is 2.22 bits per heavy atom.